The molecule has 5 heteroatoms. The zero-order valence-corrected chi connectivity index (χ0v) is 19.5. The van der Waals surface area contributed by atoms with Crippen LogP contribution in [0, 0.1) is 23.2 Å². The number of para-hydroxylation sites is 2. The van der Waals surface area contributed by atoms with Gasteiger partial charge in [-0.05, 0) is 87.8 Å². The minimum atomic E-state index is -0.489. The minimum absolute atomic E-state index is 0.160. The van der Waals surface area contributed by atoms with Crippen LogP contribution >= 0.6 is 0 Å². The molecular formula is C28H30N2O3. The van der Waals surface area contributed by atoms with Crippen LogP contribution in [-0.4, -0.2) is 28.7 Å². The van der Waals surface area contributed by atoms with Crippen molar-refractivity contribution in [3.05, 3.63) is 59.2 Å². The highest BCUT2D eigenvalue weighted by Gasteiger charge is 2.59. The number of benzene rings is 2. The molecule has 1 amide bonds. The van der Waals surface area contributed by atoms with Gasteiger partial charge in [0.15, 0.2) is 0 Å². The van der Waals surface area contributed by atoms with Crippen LogP contribution in [0.3, 0.4) is 0 Å². The Bertz CT molecular complexity index is 1160. The van der Waals surface area contributed by atoms with Crippen LogP contribution in [0.1, 0.15) is 75.0 Å². The zero-order valence-electron chi connectivity index (χ0n) is 19.5. The van der Waals surface area contributed by atoms with E-state index in [-0.39, 0.29) is 18.2 Å². The fraction of sp³-hybridized carbons (Fsp3) is 0.500. The molecule has 0 aromatic heterocycles. The Labute approximate surface area is 195 Å². The van der Waals surface area contributed by atoms with E-state index in [1.807, 2.05) is 45.0 Å². The normalized spacial score (nSPS) is 31.3. The van der Waals surface area contributed by atoms with Gasteiger partial charge in [-0.3, -0.25) is 0 Å². The fourth-order valence-electron chi connectivity index (χ4n) is 7.05. The molecule has 0 radical (unpaired) electrons. The third-order valence-corrected chi connectivity index (χ3v) is 8.19. The molecule has 33 heavy (non-hydrogen) atoms. The Kier molecular flexibility index (Phi) is 4.52. The van der Waals surface area contributed by atoms with Gasteiger partial charge in [-0.1, -0.05) is 30.3 Å². The van der Waals surface area contributed by atoms with Crippen LogP contribution in [0.25, 0.3) is 0 Å². The van der Waals surface area contributed by atoms with Crippen molar-refractivity contribution in [1.29, 1.82) is 5.26 Å². The molecule has 4 aliphatic rings. The average molecular weight is 443 g/mol. The summed E-state index contributed by atoms with van der Waals surface area (Å²) in [5.41, 5.74) is 2.50. The van der Waals surface area contributed by atoms with E-state index >= 15 is 0 Å². The van der Waals surface area contributed by atoms with Crippen molar-refractivity contribution in [2.75, 3.05) is 0 Å². The number of nitrogens with zero attached hydrogens (tertiary/aromatic N) is 2. The Hall–Kier alpha value is -3.00. The molecule has 4 unspecified atom stereocenters. The van der Waals surface area contributed by atoms with Gasteiger partial charge in [0.25, 0.3) is 0 Å². The zero-order chi connectivity index (χ0) is 22.9. The molecule has 3 aliphatic heterocycles. The van der Waals surface area contributed by atoms with Gasteiger partial charge in [0, 0.05) is 17.6 Å². The highest BCUT2D eigenvalue weighted by molar-refractivity contribution is 5.70. The lowest BCUT2D eigenvalue weighted by Gasteiger charge is -2.53. The molecule has 2 bridgehead atoms. The predicted molar refractivity (Wildman–Crippen MR) is 124 cm³/mol. The van der Waals surface area contributed by atoms with Crippen LogP contribution < -0.4 is 4.74 Å². The molecule has 5 nitrogen and oxygen atoms in total. The predicted octanol–water partition coefficient (Wildman–Crippen LogP) is 6.34. The Morgan fingerprint density at radius 2 is 1.64 bits per heavy atom. The number of hydrogen-bond acceptors (Lipinski definition) is 4. The average Bonchev–Trinajstić information content (AvgIpc) is 3.04. The first kappa shape index (κ1) is 20.6. The molecule has 3 heterocycles. The van der Waals surface area contributed by atoms with Gasteiger partial charge >= 0.3 is 6.09 Å². The lowest BCUT2D eigenvalue weighted by Crippen LogP contribution is -2.44. The molecule has 1 saturated carbocycles. The number of hydrogen-bond donors (Lipinski definition) is 0. The fourth-order valence-corrected chi connectivity index (χ4v) is 7.05. The second-order valence-corrected chi connectivity index (χ2v) is 11.1. The van der Waals surface area contributed by atoms with E-state index in [1.165, 1.54) is 5.56 Å². The molecular weight excluding hydrogens is 412 g/mol. The molecule has 170 valence electrons. The van der Waals surface area contributed by atoms with E-state index in [0.29, 0.717) is 29.2 Å². The maximum atomic E-state index is 13.2. The van der Waals surface area contributed by atoms with E-state index in [4.69, 9.17) is 9.47 Å². The van der Waals surface area contributed by atoms with Crippen molar-refractivity contribution in [1.82, 2.24) is 4.90 Å². The Morgan fingerprint density at radius 1 is 1.00 bits per heavy atom. The second kappa shape index (κ2) is 7.25. The Balaban J connectivity index is 1.41. The van der Waals surface area contributed by atoms with Crippen molar-refractivity contribution in [3.63, 3.8) is 0 Å². The van der Waals surface area contributed by atoms with Crippen LogP contribution in [0.5, 0.6) is 11.5 Å². The summed E-state index contributed by atoms with van der Waals surface area (Å²) in [6.45, 7) is 5.81. The molecule has 6 atom stereocenters. The largest absolute Gasteiger partial charge is 0.455 e. The highest BCUT2D eigenvalue weighted by atomic mass is 16.6. The molecule has 6 rings (SSSR count). The Morgan fingerprint density at radius 3 is 2.30 bits per heavy atom. The summed E-state index contributed by atoms with van der Waals surface area (Å²) in [4.78, 5) is 15.2. The van der Waals surface area contributed by atoms with Gasteiger partial charge in [-0.25, -0.2) is 4.79 Å². The second-order valence-electron chi connectivity index (χ2n) is 11.1. The van der Waals surface area contributed by atoms with Crippen molar-refractivity contribution >= 4 is 6.09 Å². The minimum Gasteiger partial charge on any atom is -0.455 e. The van der Waals surface area contributed by atoms with Gasteiger partial charge in [-0.15, -0.1) is 0 Å². The maximum absolute atomic E-state index is 13.2. The summed E-state index contributed by atoms with van der Waals surface area (Å²) in [5.74, 6) is 3.21. The lowest BCUT2D eigenvalue weighted by atomic mass is 9.50. The van der Waals surface area contributed by atoms with E-state index in [1.54, 1.807) is 0 Å². The van der Waals surface area contributed by atoms with Crippen molar-refractivity contribution < 1.29 is 14.3 Å². The van der Waals surface area contributed by atoms with Gasteiger partial charge in [-0.2, -0.15) is 5.26 Å². The summed E-state index contributed by atoms with van der Waals surface area (Å²) in [5, 5.41) is 9.77. The first-order valence-electron chi connectivity index (χ1n) is 12.2. The molecule has 0 N–H and O–H groups in total. The lowest BCUT2D eigenvalue weighted by molar-refractivity contribution is 0.0148. The summed E-state index contributed by atoms with van der Waals surface area (Å²) in [6.07, 6.45) is 3.93. The van der Waals surface area contributed by atoms with Crippen molar-refractivity contribution in [3.8, 4) is 17.6 Å². The van der Waals surface area contributed by atoms with E-state index < -0.39 is 5.60 Å². The van der Waals surface area contributed by atoms with Crippen LogP contribution in [0.4, 0.5) is 4.79 Å². The maximum Gasteiger partial charge on any atom is 0.410 e. The first-order chi connectivity index (χ1) is 15.9. The molecule has 2 saturated heterocycles. The van der Waals surface area contributed by atoms with Crippen LogP contribution in [0.2, 0.25) is 0 Å². The number of ether oxygens (including phenoxy) is 2. The monoisotopic (exact) mass is 442 g/mol. The topological polar surface area (TPSA) is 62.6 Å². The first-order valence-corrected chi connectivity index (χ1v) is 12.2. The van der Waals surface area contributed by atoms with Gasteiger partial charge in [0.05, 0.1) is 5.56 Å². The quantitative estimate of drug-likeness (QED) is 0.478. The van der Waals surface area contributed by atoms with Crippen LogP contribution in [-0.2, 0) is 4.74 Å². The van der Waals surface area contributed by atoms with E-state index in [9.17, 15) is 10.1 Å². The molecule has 0 spiro atoms. The number of carbonyl (C=O) groups is 1. The summed E-state index contributed by atoms with van der Waals surface area (Å²) in [7, 11) is 0. The highest BCUT2D eigenvalue weighted by Crippen LogP contribution is 2.67. The molecule has 1 aliphatic carbocycles. The number of rotatable bonds is 0. The smallest absolute Gasteiger partial charge is 0.410 e. The molecule has 2 aromatic rings. The van der Waals surface area contributed by atoms with Crippen molar-refractivity contribution in [2.24, 2.45) is 11.8 Å². The summed E-state index contributed by atoms with van der Waals surface area (Å²) >= 11 is 0. The number of fused-ring (bicyclic) bond motifs is 10. The SMILES string of the molecule is CC(C)(C)OC(=O)N1[C@@H]2CC[C@H]1CC1C(C2)C2c3cccc(C#N)c3Oc3ccccc3C12. The third kappa shape index (κ3) is 3.14. The van der Waals surface area contributed by atoms with Gasteiger partial charge < -0.3 is 14.4 Å². The summed E-state index contributed by atoms with van der Waals surface area (Å²) < 4.78 is 12.2. The summed E-state index contributed by atoms with van der Waals surface area (Å²) in [6, 6.07) is 17.1. The molecule has 2 aromatic carbocycles. The van der Waals surface area contributed by atoms with Gasteiger partial charge in [0.1, 0.15) is 23.2 Å². The third-order valence-electron chi connectivity index (χ3n) is 8.19. The number of amides is 1. The number of carbonyl (C=O) groups excluding carboxylic acids is 1. The van der Waals surface area contributed by atoms with Gasteiger partial charge in [0.2, 0.25) is 0 Å². The number of nitriles is 1. The van der Waals surface area contributed by atoms with Crippen LogP contribution in [0.15, 0.2) is 42.5 Å². The molecule has 3 fully saturated rings. The standard InChI is InChI=1S/C28H30N2O3/c1-28(2,3)33-27(31)30-17-11-12-18(30)14-22-21(13-17)24-19-8-4-5-10-23(19)32-26-16(15-29)7-6-9-20(26)25(22)24/h4-10,17-18,21-22,24-25H,11-14H2,1-3H3/t17-,18+,21?,22?,24?,25?/m0/s1. The van der Waals surface area contributed by atoms with Crippen molar-refractivity contribution in [2.45, 2.75) is 76.0 Å². The van der Waals surface area contributed by atoms with E-state index in [2.05, 4.69) is 29.2 Å². The van der Waals surface area contributed by atoms with E-state index in [0.717, 1.165) is 42.7 Å².